The van der Waals surface area contributed by atoms with E-state index in [4.69, 9.17) is 19.0 Å². The zero-order chi connectivity index (χ0) is 17.2. The number of nitrogens with two attached hydrogens (primary N) is 1. The van der Waals surface area contributed by atoms with E-state index in [9.17, 15) is 0 Å². The Labute approximate surface area is 153 Å². The van der Waals surface area contributed by atoms with Crippen LogP contribution in [0.1, 0.15) is 12.0 Å². The molecule has 5 nitrogen and oxygen atoms in total. The fourth-order valence-corrected chi connectivity index (χ4v) is 4.21. The average Bonchev–Trinajstić information content (AvgIpc) is 2.59. The van der Waals surface area contributed by atoms with Crippen molar-refractivity contribution in [3.63, 3.8) is 0 Å². The fourth-order valence-electron chi connectivity index (χ4n) is 2.49. The molecule has 1 atom stereocenters. The van der Waals surface area contributed by atoms with Crippen LogP contribution in [0, 0.1) is 0 Å². The van der Waals surface area contributed by atoms with Crippen molar-refractivity contribution in [3.8, 4) is 0 Å². The van der Waals surface area contributed by atoms with Crippen LogP contribution in [0.2, 0.25) is 6.04 Å². The molecule has 0 saturated carbocycles. The fraction of sp³-hybridized carbons (Fsp3) is 0.529. The Morgan fingerprint density at radius 2 is 1.75 bits per heavy atom. The zero-order valence-electron chi connectivity index (χ0n) is 14.9. The number of hydrogen-bond donors (Lipinski definition) is 2. The molecule has 3 N–H and O–H groups in total. The van der Waals surface area contributed by atoms with Gasteiger partial charge < -0.3 is 24.3 Å². The average molecular weight is 375 g/mol. The molecular formula is C17H31ClN2O3Si. The Morgan fingerprint density at radius 3 is 2.25 bits per heavy atom. The monoisotopic (exact) mass is 374 g/mol. The summed E-state index contributed by atoms with van der Waals surface area (Å²) < 4.78 is 16.2. The molecule has 0 aromatic heterocycles. The molecule has 1 rings (SSSR count). The van der Waals surface area contributed by atoms with E-state index in [0.717, 1.165) is 25.4 Å². The topological polar surface area (TPSA) is 65.7 Å². The first-order chi connectivity index (χ1) is 11.0. The van der Waals surface area contributed by atoms with E-state index in [-0.39, 0.29) is 12.4 Å². The third-order valence-corrected chi connectivity index (χ3v) is 6.84. The minimum absolute atomic E-state index is 0. The number of halogens is 1. The summed E-state index contributed by atoms with van der Waals surface area (Å²) in [5.41, 5.74) is 7.18. The second-order valence-electron chi connectivity index (χ2n) is 5.68. The summed E-state index contributed by atoms with van der Waals surface area (Å²) in [5.74, 6) is 0. The van der Waals surface area contributed by atoms with E-state index in [1.54, 1.807) is 21.3 Å². The molecule has 0 aliphatic rings. The molecule has 1 unspecified atom stereocenters. The molecule has 0 radical (unpaired) electrons. The van der Waals surface area contributed by atoms with Gasteiger partial charge in [-0.25, -0.2) is 0 Å². The molecule has 0 fully saturated rings. The van der Waals surface area contributed by atoms with E-state index in [0.29, 0.717) is 6.54 Å². The van der Waals surface area contributed by atoms with Crippen LogP contribution >= 0.6 is 12.4 Å². The first-order valence-corrected chi connectivity index (χ1v) is 9.79. The van der Waals surface area contributed by atoms with Crippen molar-refractivity contribution in [2.45, 2.75) is 24.4 Å². The summed E-state index contributed by atoms with van der Waals surface area (Å²) >= 11 is 0. The van der Waals surface area contributed by atoms with Crippen LogP contribution in [0.25, 0.3) is 0 Å². The molecule has 0 aliphatic carbocycles. The number of rotatable bonds is 12. The lowest BCUT2D eigenvalue weighted by atomic mass is 9.92. The predicted octanol–water partition coefficient (Wildman–Crippen LogP) is 2.39. The van der Waals surface area contributed by atoms with Gasteiger partial charge in [-0.2, -0.15) is 0 Å². The smallest absolute Gasteiger partial charge is 0.377 e. The lowest BCUT2D eigenvalue weighted by Gasteiger charge is -2.27. The Balaban J connectivity index is 0.00000529. The first-order valence-electron chi connectivity index (χ1n) is 7.85. The molecule has 0 aliphatic heterocycles. The van der Waals surface area contributed by atoms with Crippen LogP contribution in [0.3, 0.4) is 0 Å². The lowest BCUT2D eigenvalue weighted by Crippen LogP contribution is -2.49. The standard InChI is InChI=1S/C17H30N2O3Si.ClH/c1-5-17(18,14-16-10-7-6-8-11-16)15-19-12-9-13-23(20-2,21-3)22-4;/h5-8,10-11,19H,1,9,12-15,18H2,2-4H3;1H. The largest absolute Gasteiger partial charge is 0.500 e. The second-order valence-corrected chi connectivity index (χ2v) is 8.77. The summed E-state index contributed by atoms with van der Waals surface area (Å²) in [4.78, 5) is 0. The van der Waals surface area contributed by atoms with E-state index in [1.165, 1.54) is 5.56 Å². The van der Waals surface area contributed by atoms with Gasteiger partial charge in [-0.15, -0.1) is 19.0 Å². The molecule has 0 heterocycles. The van der Waals surface area contributed by atoms with Gasteiger partial charge in [-0.05, 0) is 24.9 Å². The van der Waals surface area contributed by atoms with Crippen LogP contribution in [0.4, 0.5) is 0 Å². The van der Waals surface area contributed by atoms with Gasteiger partial charge in [0.15, 0.2) is 0 Å². The van der Waals surface area contributed by atoms with Crippen LogP contribution in [0.5, 0.6) is 0 Å². The third-order valence-electron chi connectivity index (χ3n) is 4.01. The van der Waals surface area contributed by atoms with Gasteiger partial charge in [-0.1, -0.05) is 36.4 Å². The van der Waals surface area contributed by atoms with E-state index in [1.807, 2.05) is 24.3 Å². The van der Waals surface area contributed by atoms with Gasteiger partial charge >= 0.3 is 8.80 Å². The van der Waals surface area contributed by atoms with Gasteiger partial charge in [-0.3, -0.25) is 0 Å². The first kappa shape index (κ1) is 23.3. The summed E-state index contributed by atoms with van der Waals surface area (Å²) in [6.45, 7) is 5.39. The second kappa shape index (κ2) is 11.8. The zero-order valence-corrected chi connectivity index (χ0v) is 16.7. The highest BCUT2D eigenvalue weighted by Crippen LogP contribution is 2.15. The van der Waals surface area contributed by atoms with Crippen molar-refractivity contribution in [1.82, 2.24) is 5.32 Å². The van der Waals surface area contributed by atoms with Crippen LogP contribution in [0.15, 0.2) is 43.0 Å². The molecule has 24 heavy (non-hydrogen) atoms. The molecule has 0 amide bonds. The number of nitrogens with one attached hydrogen (secondary N) is 1. The molecule has 138 valence electrons. The van der Waals surface area contributed by atoms with Crippen molar-refractivity contribution in [3.05, 3.63) is 48.6 Å². The van der Waals surface area contributed by atoms with Crippen molar-refractivity contribution in [2.75, 3.05) is 34.4 Å². The number of hydrogen-bond acceptors (Lipinski definition) is 5. The third kappa shape index (κ3) is 7.44. The molecule has 1 aromatic rings. The predicted molar refractivity (Wildman–Crippen MR) is 104 cm³/mol. The minimum atomic E-state index is -2.47. The summed E-state index contributed by atoms with van der Waals surface area (Å²) in [6.07, 6.45) is 3.49. The summed E-state index contributed by atoms with van der Waals surface area (Å²) in [6, 6.07) is 11.0. The van der Waals surface area contributed by atoms with E-state index in [2.05, 4.69) is 24.0 Å². The van der Waals surface area contributed by atoms with Crippen molar-refractivity contribution in [1.29, 1.82) is 0 Å². The van der Waals surface area contributed by atoms with Crippen molar-refractivity contribution >= 4 is 21.2 Å². The number of benzene rings is 1. The Hall–Kier alpha value is -0.733. The van der Waals surface area contributed by atoms with Crippen molar-refractivity contribution < 1.29 is 13.3 Å². The Kier molecular flexibility index (Phi) is 11.4. The highest BCUT2D eigenvalue weighted by atomic mass is 35.5. The van der Waals surface area contributed by atoms with Crippen molar-refractivity contribution in [2.24, 2.45) is 5.73 Å². The van der Waals surface area contributed by atoms with Gasteiger partial charge in [0.05, 0.1) is 5.54 Å². The van der Waals surface area contributed by atoms with Crippen LogP contribution in [-0.2, 0) is 19.7 Å². The molecule has 1 aromatic carbocycles. The molecule has 0 bridgehead atoms. The Morgan fingerprint density at radius 1 is 1.17 bits per heavy atom. The highest BCUT2D eigenvalue weighted by molar-refractivity contribution is 6.60. The maximum atomic E-state index is 6.43. The quantitative estimate of drug-likeness (QED) is 0.334. The van der Waals surface area contributed by atoms with Gasteiger partial charge in [0, 0.05) is 33.9 Å². The maximum Gasteiger partial charge on any atom is 0.500 e. The molecular weight excluding hydrogens is 344 g/mol. The molecule has 7 heteroatoms. The normalized spacial score (nSPS) is 13.8. The van der Waals surface area contributed by atoms with Gasteiger partial charge in [0.1, 0.15) is 0 Å². The van der Waals surface area contributed by atoms with Crippen LogP contribution in [-0.4, -0.2) is 48.8 Å². The minimum Gasteiger partial charge on any atom is -0.377 e. The van der Waals surface area contributed by atoms with Crippen LogP contribution < -0.4 is 11.1 Å². The molecule has 0 spiro atoms. The highest BCUT2D eigenvalue weighted by Gasteiger charge is 2.36. The lowest BCUT2D eigenvalue weighted by molar-refractivity contribution is 0.123. The van der Waals surface area contributed by atoms with E-state index >= 15 is 0 Å². The molecule has 0 saturated heterocycles. The SMILES string of the molecule is C=CC(N)(CNCCC[Si](OC)(OC)OC)Cc1ccccc1.Cl. The van der Waals surface area contributed by atoms with Gasteiger partial charge in [0.25, 0.3) is 0 Å². The Bertz CT molecular complexity index is 452. The summed E-state index contributed by atoms with van der Waals surface area (Å²) in [5, 5.41) is 3.40. The van der Waals surface area contributed by atoms with E-state index < -0.39 is 14.3 Å². The van der Waals surface area contributed by atoms with Gasteiger partial charge in [0.2, 0.25) is 0 Å². The maximum absolute atomic E-state index is 6.43. The summed E-state index contributed by atoms with van der Waals surface area (Å²) in [7, 11) is 2.43.